The predicted octanol–water partition coefficient (Wildman–Crippen LogP) is 2.73. The van der Waals surface area contributed by atoms with Crippen molar-refractivity contribution in [1.29, 1.82) is 5.26 Å². The fraction of sp³-hybridized carbons (Fsp3) is 0.200. The highest BCUT2D eigenvalue weighted by Crippen LogP contribution is 2.22. The van der Waals surface area contributed by atoms with Crippen LogP contribution in [0.3, 0.4) is 0 Å². The number of piperazine rings is 1. The molecule has 0 atom stereocenters. The van der Waals surface area contributed by atoms with Gasteiger partial charge in [0, 0.05) is 38.1 Å². The monoisotopic (exact) mass is 348 g/mol. The third-order valence-electron chi connectivity index (χ3n) is 3.92. The summed E-state index contributed by atoms with van der Waals surface area (Å²) in [6, 6.07) is 18.5. The Morgan fingerprint density at radius 2 is 1.73 bits per heavy atom. The molecule has 1 aliphatic rings. The number of nitrogens with one attached hydrogen (secondary N) is 2. The number of hydrogen-bond acceptors (Lipinski definition) is 5. The highest BCUT2D eigenvalue weighted by Gasteiger charge is 2.13. The van der Waals surface area contributed by atoms with Crippen molar-refractivity contribution >= 4 is 11.6 Å². The van der Waals surface area contributed by atoms with Gasteiger partial charge in [0.25, 0.3) is 5.91 Å². The molecule has 26 heavy (non-hydrogen) atoms. The van der Waals surface area contributed by atoms with E-state index < -0.39 is 5.91 Å². The highest BCUT2D eigenvalue weighted by atomic mass is 16.5. The Balaban J connectivity index is 1.61. The van der Waals surface area contributed by atoms with E-state index in [-0.39, 0.29) is 5.57 Å². The van der Waals surface area contributed by atoms with E-state index in [0.717, 1.165) is 31.9 Å². The topological polar surface area (TPSA) is 77.4 Å². The van der Waals surface area contributed by atoms with Crippen LogP contribution in [0, 0.1) is 11.3 Å². The van der Waals surface area contributed by atoms with Crippen LogP contribution in [-0.2, 0) is 4.79 Å². The van der Waals surface area contributed by atoms with Crippen LogP contribution in [0.15, 0.2) is 66.4 Å². The molecule has 3 rings (SSSR count). The van der Waals surface area contributed by atoms with E-state index in [2.05, 4.69) is 10.6 Å². The Bertz CT molecular complexity index is 804. The zero-order chi connectivity index (χ0) is 18.2. The van der Waals surface area contributed by atoms with E-state index in [4.69, 9.17) is 4.74 Å². The summed E-state index contributed by atoms with van der Waals surface area (Å²) in [6.45, 7) is 3.26. The summed E-state index contributed by atoms with van der Waals surface area (Å²) in [5.41, 5.74) is 0.702. The van der Waals surface area contributed by atoms with Gasteiger partial charge in [-0.3, -0.25) is 4.79 Å². The van der Waals surface area contributed by atoms with Crippen molar-refractivity contribution in [3.8, 4) is 17.6 Å². The van der Waals surface area contributed by atoms with Crippen LogP contribution in [0.25, 0.3) is 0 Å². The fourth-order valence-corrected chi connectivity index (χ4v) is 2.56. The van der Waals surface area contributed by atoms with Crippen molar-refractivity contribution in [1.82, 2.24) is 10.2 Å². The molecule has 0 aliphatic carbocycles. The molecule has 132 valence electrons. The highest BCUT2D eigenvalue weighted by molar-refractivity contribution is 6.06. The van der Waals surface area contributed by atoms with Crippen LogP contribution in [0.1, 0.15) is 0 Å². The number of rotatable bonds is 5. The van der Waals surface area contributed by atoms with Crippen LogP contribution < -0.4 is 15.4 Å². The van der Waals surface area contributed by atoms with Crippen molar-refractivity contribution in [2.45, 2.75) is 0 Å². The predicted molar refractivity (Wildman–Crippen MR) is 99.7 cm³/mol. The Morgan fingerprint density at radius 3 is 2.38 bits per heavy atom. The number of hydrogen-bond donors (Lipinski definition) is 2. The summed E-state index contributed by atoms with van der Waals surface area (Å²) in [5, 5.41) is 15.2. The average Bonchev–Trinajstić information content (AvgIpc) is 2.69. The SMILES string of the molecule is N#C/C(=C/N1CCNCC1)C(=O)Nc1ccc(Oc2ccccc2)cc1. The minimum absolute atomic E-state index is 0.0940. The van der Waals surface area contributed by atoms with Crippen molar-refractivity contribution in [2.75, 3.05) is 31.5 Å². The molecule has 0 spiro atoms. The van der Waals surface area contributed by atoms with Gasteiger partial charge in [0.15, 0.2) is 0 Å². The van der Waals surface area contributed by atoms with Crippen LogP contribution >= 0.6 is 0 Å². The molecule has 0 unspecified atom stereocenters. The zero-order valence-corrected chi connectivity index (χ0v) is 14.3. The summed E-state index contributed by atoms with van der Waals surface area (Å²) >= 11 is 0. The summed E-state index contributed by atoms with van der Waals surface area (Å²) in [7, 11) is 0. The molecule has 2 aromatic rings. The maximum absolute atomic E-state index is 12.3. The van der Waals surface area contributed by atoms with Gasteiger partial charge < -0.3 is 20.3 Å². The maximum Gasteiger partial charge on any atom is 0.267 e. The molecule has 0 radical (unpaired) electrons. The lowest BCUT2D eigenvalue weighted by molar-refractivity contribution is -0.112. The molecule has 0 saturated carbocycles. The van der Waals surface area contributed by atoms with Crippen molar-refractivity contribution in [2.24, 2.45) is 0 Å². The Morgan fingerprint density at radius 1 is 1.08 bits per heavy atom. The number of amides is 1. The van der Waals surface area contributed by atoms with Gasteiger partial charge in [-0.25, -0.2) is 0 Å². The molecule has 1 fully saturated rings. The number of ether oxygens (including phenoxy) is 1. The lowest BCUT2D eigenvalue weighted by Gasteiger charge is -2.26. The van der Waals surface area contributed by atoms with E-state index in [9.17, 15) is 10.1 Å². The van der Waals surface area contributed by atoms with Gasteiger partial charge in [-0.05, 0) is 36.4 Å². The van der Waals surface area contributed by atoms with Crippen molar-refractivity contribution in [3.63, 3.8) is 0 Å². The average molecular weight is 348 g/mol. The van der Waals surface area contributed by atoms with Crippen LogP contribution in [0.2, 0.25) is 0 Å². The minimum Gasteiger partial charge on any atom is -0.457 e. The summed E-state index contributed by atoms with van der Waals surface area (Å²) < 4.78 is 5.72. The molecule has 1 aliphatic heterocycles. The van der Waals surface area contributed by atoms with Gasteiger partial charge in [-0.15, -0.1) is 0 Å². The van der Waals surface area contributed by atoms with Crippen molar-refractivity contribution in [3.05, 3.63) is 66.4 Å². The van der Waals surface area contributed by atoms with Crippen LogP contribution in [-0.4, -0.2) is 37.0 Å². The number of nitrogens with zero attached hydrogens (tertiary/aromatic N) is 2. The molecule has 0 bridgehead atoms. The molecule has 6 heteroatoms. The fourth-order valence-electron chi connectivity index (χ4n) is 2.56. The maximum atomic E-state index is 12.3. The lowest BCUT2D eigenvalue weighted by Crippen LogP contribution is -2.41. The molecule has 6 nitrogen and oxygen atoms in total. The van der Waals surface area contributed by atoms with Crippen LogP contribution in [0.5, 0.6) is 11.5 Å². The van der Waals surface area contributed by atoms with Crippen LogP contribution in [0.4, 0.5) is 5.69 Å². The first-order valence-corrected chi connectivity index (χ1v) is 8.45. The molecule has 0 aromatic heterocycles. The summed E-state index contributed by atoms with van der Waals surface area (Å²) in [6.07, 6.45) is 1.63. The van der Waals surface area contributed by atoms with Gasteiger partial charge in [0.05, 0.1) is 0 Å². The lowest BCUT2D eigenvalue weighted by atomic mass is 10.2. The normalized spacial score (nSPS) is 14.4. The zero-order valence-electron chi connectivity index (χ0n) is 14.3. The Labute approximate surface area is 152 Å². The molecule has 2 N–H and O–H groups in total. The second kappa shape index (κ2) is 8.70. The van der Waals surface area contributed by atoms with Gasteiger partial charge in [-0.1, -0.05) is 18.2 Å². The first-order chi connectivity index (χ1) is 12.7. The number of carbonyl (C=O) groups is 1. The smallest absolute Gasteiger partial charge is 0.267 e. The van der Waals surface area contributed by atoms with Gasteiger partial charge in [0.2, 0.25) is 0 Å². The van der Waals surface area contributed by atoms with E-state index in [1.807, 2.05) is 41.3 Å². The summed E-state index contributed by atoms with van der Waals surface area (Å²) in [5.74, 6) is 1.00. The van der Waals surface area contributed by atoms with Gasteiger partial charge in [0.1, 0.15) is 23.1 Å². The number of nitriles is 1. The standard InChI is InChI=1S/C20H20N4O2/c21-14-16(15-24-12-10-22-11-13-24)20(25)23-17-6-8-19(9-7-17)26-18-4-2-1-3-5-18/h1-9,15,22H,10-13H2,(H,23,25)/b16-15-. The largest absolute Gasteiger partial charge is 0.457 e. The third kappa shape index (κ3) is 4.85. The minimum atomic E-state index is -0.414. The second-order valence-electron chi connectivity index (χ2n) is 5.83. The second-order valence-corrected chi connectivity index (χ2v) is 5.83. The third-order valence-corrected chi connectivity index (χ3v) is 3.92. The number of anilines is 1. The van der Waals surface area contributed by atoms with Gasteiger partial charge >= 0.3 is 0 Å². The Hall–Kier alpha value is -3.30. The number of carbonyl (C=O) groups excluding carboxylic acids is 1. The molecule has 1 amide bonds. The van der Waals surface area contributed by atoms with Gasteiger partial charge in [-0.2, -0.15) is 5.26 Å². The molecular weight excluding hydrogens is 328 g/mol. The first-order valence-electron chi connectivity index (χ1n) is 8.45. The summed E-state index contributed by atoms with van der Waals surface area (Å²) in [4.78, 5) is 14.3. The number of benzene rings is 2. The van der Waals surface area contributed by atoms with E-state index in [0.29, 0.717) is 11.4 Å². The van der Waals surface area contributed by atoms with E-state index in [1.165, 1.54) is 0 Å². The first kappa shape index (κ1) is 17.5. The molecular formula is C20H20N4O2. The van der Waals surface area contributed by atoms with E-state index in [1.54, 1.807) is 30.5 Å². The number of para-hydroxylation sites is 1. The molecule has 1 heterocycles. The molecule has 2 aromatic carbocycles. The quantitative estimate of drug-likeness (QED) is 0.642. The molecule has 1 saturated heterocycles. The van der Waals surface area contributed by atoms with Crippen molar-refractivity contribution < 1.29 is 9.53 Å². The van der Waals surface area contributed by atoms with E-state index >= 15 is 0 Å². The Kier molecular flexibility index (Phi) is 5.86.